The molecule has 0 spiro atoms. The maximum Gasteiger partial charge on any atom is 0.142 e. The van der Waals surface area contributed by atoms with E-state index in [9.17, 15) is 0 Å². The van der Waals surface area contributed by atoms with Gasteiger partial charge in [0.15, 0.2) is 0 Å². The van der Waals surface area contributed by atoms with Gasteiger partial charge in [0.25, 0.3) is 0 Å². The number of para-hydroxylation sites is 2. The number of aromatic nitrogens is 3. The van der Waals surface area contributed by atoms with Crippen LogP contribution in [0.2, 0.25) is 10.0 Å². The number of halogens is 2. The summed E-state index contributed by atoms with van der Waals surface area (Å²) in [5, 5.41) is 1.72. The molecular weight excluding hydrogens is 319 g/mol. The van der Waals surface area contributed by atoms with Crippen molar-refractivity contribution in [3.8, 4) is 11.4 Å². The second-order valence-corrected chi connectivity index (χ2v) is 5.82. The monoisotopic (exact) mass is 328 g/mol. The van der Waals surface area contributed by atoms with E-state index in [1.54, 1.807) is 18.3 Å². The number of hydrogen-bond donors (Lipinski definition) is 2. The quantitative estimate of drug-likeness (QED) is 0.533. The number of aromatic amines is 1. The minimum atomic E-state index is 0.477. The topological polar surface area (TPSA) is 67.6 Å². The number of hydrogen-bond acceptors (Lipinski definition) is 3. The number of nitrogens with one attached hydrogen (secondary N) is 1. The SMILES string of the molecule is Nc1c(-c2nc3ccccc3[nH]2)cnc2c(Cl)cc(Cl)cc12. The van der Waals surface area contributed by atoms with Crippen LogP contribution in [0.4, 0.5) is 5.69 Å². The van der Waals surface area contributed by atoms with Crippen molar-refractivity contribution in [2.24, 2.45) is 0 Å². The maximum absolute atomic E-state index is 6.29. The zero-order chi connectivity index (χ0) is 15.3. The van der Waals surface area contributed by atoms with Gasteiger partial charge in [-0.15, -0.1) is 0 Å². The highest BCUT2D eigenvalue weighted by molar-refractivity contribution is 6.38. The molecule has 2 aromatic carbocycles. The van der Waals surface area contributed by atoms with E-state index in [2.05, 4.69) is 15.0 Å². The Balaban J connectivity index is 2.00. The Morgan fingerprint density at radius 1 is 1.09 bits per heavy atom. The van der Waals surface area contributed by atoms with Crippen LogP contribution >= 0.6 is 23.2 Å². The average molecular weight is 329 g/mol. The van der Waals surface area contributed by atoms with E-state index in [0.717, 1.165) is 22.0 Å². The van der Waals surface area contributed by atoms with Gasteiger partial charge in [-0.05, 0) is 24.3 Å². The van der Waals surface area contributed by atoms with E-state index in [1.165, 1.54) is 0 Å². The van der Waals surface area contributed by atoms with Gasteiger partial charge >= 0.3 is 0 Å². The molecule has 6 heteroatoms. The molecule has 0 radical (unpaired) electrons. The number of pyridine rings is 1. The first kappa shape index (κ1) is 13.4. The number of rotatable bonds is 1. The van der Waals surface area contributed by atoms with Crippen LogP contribution in [-0.4, -0.2) is 15.0 Å². The van der Waals surface area contributed by atoms with E-state index in [4.69, 9.17) is 28.9 Å². The molecule has 0 aliphatic rings. The zero-order valence-corrected chi connectivity index (χ0v) is 12.8. The Morgan fingerprint density at radius 2 is 1.91 bits per heavy atom. The summed E-state index contributed by atoms with van der Waals surface area (Å²) in [6, 6.07) is 11.2. The second kappa shape index (κ2) is 4.87. The van der Waals surface area contributed by atoms with E-state index >= 15 is 0 Å². The maximum atomic E-state index is 6.29. The van der Waals surface area contributed by atoms with Gasteiger partial charge in [0.1, 0.15) is 5.82 Å². The minimum Gasteiger partial charge on any atom is -0.398 e. The number of nitrogen functional groups attached to an aromatic ring is 1. The molecule has 2 heterocycles. The summed E-state index contributed by atoms with van der Waals surface area (Å²) in [6.45, 7) is 0. The number of benzene rings is 2. The van der Waals surface area contributed by atoms with Gasteiger partial charge in [-0.1, -0.05) is 35.3 Å². The number of fused-ring (bicyclic) bond motifs is 2. The molecule has 3 N–H and O–H groups in total. The third-order valence-electron chi connectivity index (χ3n) is 3.58. The zero-order valence-electron chi connectivity index (χ0n) is 11.3. The summed E-state index contributed by atoms with van der Waals surface area (Å²) in [5.74, 6) is 0.671. The van der Waals surface area contributed by atoms with E-state index in [1.807, 2.05) is 24.3 Å². The van der Waals surface area contributed by atoms with Crippen LogP contribution in [0.1, 0.15) is 0 Å². The van der Waals surface area contributed by atoms with Gasteiger partial charge in [0.05, 0.1) is 32.8 Å². The third-order valence-corrected chi connectivity index (χ3v) is 4.08. The molecule has 0 fully saturated rings. The molecule has 4 rings (SSSR count). The van der Waals surface area contributed by atoms with E-state index < -0.39 is 0 Å². The molecule has 0 unspecified atom stereocenters. The molecule has 2 aromatic heterocycles. The van der Waals surface area contributed by atoms with Crippen LogP contribution in [0.3, 0.4) is 0 Å². The Morgan fingerprint density at radius 3 is 2.73 bits per heavy atom. The van der Waals surface area contributed by atoms with Crippen molar-refractivity contribution < 1.29 is 0 Å². The highest BCUT2D eigenvalue weighted by atomic mass is 35.5. The molecule has 0 bridgehead atoms. The first-order valence-electron chi connectivity index (χ1n) is 6.62. The van der Waals surface area contributed by atoms with Gasteiger partial charge in [0, 0.05) is 16.6 Å². The van der Waals surface area contributed by atoms with Crippen molar-refractivity contribution in [3.05, 3.63) is 52.6 Å². The number of nitrogens with two attached hydrogens (primary N) is 1. The van der Waals surface area contributed by atoms with E-state index in [-0.39, 0.29) is 0 Å². The summed E-state index contributed by atoms with van der Waals surface area (Å²) >= 11 is 12.2. The number of anilines is 1. The number of H-pyrrole nitrogens is 1. The average Bonchev–Trinajstić information content (AvgIpc) is 2.92. The molecule has 4 aromatic rings. The molecule has 0 atom stereocenters. The van der Waals surface area contributed by atoms with Crippen molar-refractivity contribution >= 4 is 50.8 Å². The lowest BCUT2D eigenvalue weighted by Crippen LogP contribution is -1.95. The number of imidazole rings is 1. The fraction of sp³-hybridized carbons (Fsp3) is 0. The van der Waals surface area contributed by atoms with Crippen molar-refractivity contribution in [2.45, 2.75) is 0 Å². The first-order chi connectivity index (χ1) is 10.6. The van der Waals surface area contributed by atoms with Crippen LogP contribution in [0, 0.1) is 0 Å². The lowest BCUT2D eigenvalue weighted by atomic mass is 10.1. The lowest BCUT2D eigenvalue weighted by molar-refractivity contribution is 1.31. The molecule has 0 aliphatic heterocycles. The van der Waals surface area contributed by atoms with Crippen molar-refractivity contribution in [3.63, 3.8) is 0 Å². The smallest absolute Gasteiger partial charge is 0.142 e. The Labute approximate surface area is 135 Å². The van der Waals surface area contributed by atoms with Crippen LogP contribution in [0.15, 0.2) is 42.6 Å². The highest BCUT2D eigenvalue weighted by Crippen LogP contribution is 2.35. The fourth-order valence-corrected chi connectivity index (χ4v) is 3.06. The lowest BCUT2D eigenvalue weighted by Gasteiger charge is -2.08. The third kappa shape index (κ3) is 2.00. The minimum absolute atomic E-state index is 0.477. The van der Waals surface area contributed by atoms with Crippen LogP contribution < -0.4 is 5.73 Å². The standard InChI is InChI=1S/C16H10Cl2N4/c17-8-5-9-14(19)10(7-20-15(9)11(18)6-8)16-21-12-3-1-2-4-13(12)22-16/h1-7H,(H2,19,20)(H,21,22). The summed E-state index contributed by atoms with van der Waals surface area (Å²) in [4.78, 5) is 12.2. The molecular formula is C16H10Cl2N4. The highest BCUT2D eigenvalue weighted by Gasteiger charge is 2.14. The van der Waals surface area contributed by atoms with Gasteiger partial charge in [-0.25, -0.2) is 4.98 Å². The Kier molecular flexibility index (Phi) is 2.96. The Hall–Kier alpha value is -2.30. The summed E-state index contributed by atoms with van der Waals surface area (Å²) in [7, 11) is 0. The molecule has 108 valence electrons. The molecule has 0 aliphatic carbocycles. The summed E-state index contributed by atoms with van der Waals surface area (Å²) in [5.41, 5.74) is 10.0. The first-order valence-corrected chi connectivity index (χ1v) is 7.37. The predicted octanol–water partition coefficient (Wildman–Crippen LogP) is 4.67. The van der Waals surface area contributed by atoms with Crippen molar-refractivity contribution in [2.75, 3.05) is 5.73 Å². The normalized spacial score (nSPS) is 11.4. The van der Waals surface area contributed by atoms with Crippen molar-refractivity contribution in [1.29, 1.82) is 0 Å². The number of nitrogens with zero attached hydrogens (tertiary/aromatic N) is 2. The van der Waals surface area contributed by atoms with Gasteiger partial charge < -0.3 is 10.7 Å². The van der Waals surface area contributed by atoms with Gasteiger partial charge in [-0.2, -0.15) is 0 Å². The largest absolute Gasteiger partial charge is 0.398 e. The fourth-order valence-electron chi connectivity index (χ4n) is 2.52. The molecule has 0 saturated heterocycles. The summed E-state index contributed by atoms with van der Waals surface area (Å²) in [6.07, 6.45) is 1.68. The second-order valence-electron chi connectivity index (χ2n) is 4.97. The molecule has 4 nitrogen and oxygen atoms in total. The van der Waals surface area contributed by atoms with Gasteiger partial charge in [0.2, 0.25) is 0 Å². The van der Waals surface area contributed by atoms with Crippen LogP contribution in [0.5, 0.6) is 0 Å². The van der Waals surface area contributed by atoms with Gasteiger partial charge in [-0.3, -0.25) is 4.98 Å². The molecule has 0 amide bonds. The predicted molar refractivity (Wildman–Crippen MR) is 91.3 cm³/mol. The summed E-state index contributed by atoms with van der Waals surface area (Å²) < 4.78 is 0. The van der Waals surface area contributed by atoms with Crippen molar-refractivity contribution in [1.82, 2.24) is 15.0 Å². The molecule has 0 saturated carbocycles. The van der Waals surface area contributed by atoms with Crippen LogP contribution in [-0.2, 0) is 0 Å². The van der Waals surface area contributed by atoms with E-state index in [0.29, 0.717) is 27.1 Å². The Bertz CT molecular complexity index is 990. The van der Waals surface area contributed by atoms with Crippen LogP contribution in [0.25, 0.3) is 33.3 Å². The molecule has 22 heavy (non-hydrogen) atoms.